The molecule has 8 heteroatoms. The summed E-state index contributed by atoms with van der Waals surface area (Å²) >= 11 is 0. The molecule has 308 valence electrons. The first-order chi connectivity index (χ1) is 28.6. The maximum Gasteiger partial charge on any atom is 0.119 e. The van der Waals surface area contributed by atoms with Gasteiger partial charge in [-0.25, -0.2) is 0 Å². The number of rotatable bonds is 28. The standard InChI is InChI=1S/C50H60O8/c1-5-28-51-32-36-55-45-18-10-41(11-19-45)49(42-12-20-46(21-13-42)56-37-33-52-29-6-2)26-9-27-50(40-49,43-14-22-47(23-15-43)57-38-34-53-30-7-3)44-16-24-48(25-17-44)58-39-35-54-31-8-4/h5-8,10-25H,1-4,9,26-40H2. The van der Waals surface area contributed by atoms with Gasteiger partial charge < -0.3 is 37.9 Å². The molecule has 0 bridgehead atoms. The van der Waals surface area contributed by atoms with Gasteiger partial charge in [-0.05, 0) is 90.0 Å². The molecule has 4 aromatic carbocycles. The second kappa shape index (κ2) is 24.0. The zero-order valence-electron chi connectivity index (χ0n) is 34.0. The lowest BCUT2D eigenvalue weighted by Gasteiger charge is -2.50. The molecule has 58 heavy (non-hydrogen) atoms. The summed E-state index contributed by atoms with van der Waals surface area (Å²) in [6.45, 7) is 20.7. The number of benzene rings is 4. The highest BCUT2D eigenvalue weighted by Crippen LogP contribution is 2.56. The van der Waals surface area contributed by atoms with Gasteiger partial charge in [-0.2, -0.15) is 0 Å². The highest BCUT2D eigenvalue weighted by Gasteiger charge is 2.48. The fourth-order valence-corrected chi connectivity index (χ4v) is 7.72. The SMILES string of the molecule is C=CCOCCOc1ccc(C2(c3ccc(OCCOCC=C)cc3)CCCC(c3ccc(OCCOCC=C)cc3)(c3ccc(OCCOCC=C)cc3)C2)cc1. The average Bonchev–Trinajstić information content (AvgIpc) is 3.27. The molecule has 8 nitrogen and oxygen atoms in total. The van der Waals surface area contributed by atoms with Crippen LogP contribution in [-0.4, -0.2) is 79.3 Å². The third-order valence-electron chi connectivity index (χ3n) is 10.4. The van der Waals surface area contributed by atoms with Gasteiger partial charge in [0.25, 0.3) is 0 Å². The quantitative estimate of drug-likeness (QED) is 0.0416. The van der Waals surface area contributed by atoms with Gasteiger partial charge in [0, 0.05) is 10.8 Å². The molecule has 0 amide bonds. The van der Waals surface area contributed by atoms with E-state index in [0.717, 1.165) is 48.7 Å². The molecule has 5 rings (SSSR count). The van der Waals surface area contributed by atoms with Crippen LogP contribution in [0.15, 0.2) is 148 Å². The minimum absolute atomic E-state index is 0.342. The van der Waals surface area contributed by atoms with Crippen molar-refractivity contribution in [2.75, 3.05) is 79.3 Å². The van der Waals surface area contributed by atoms with Crippen LogP contribution in [0.1, 0.15) is 47.9 Å². The molecule has 1 aliphatic rings. The van der Waals surface area contributed by atoms with Gasteiger partial charge in [0.2, 0.25) is 0 Å². The van der Waals surface area contributed by atoms with E-state index in [0.29, 0.717) is 79.3 Å². The lowest BCUT2D eigenvalue weighted by molar-refractivity contribution is 0.121. The van der Waals surface area contributed by atoms with Crippen molar-refractivity contribution >= 4 is 0 Å². The van der Waals surface area contributed by atoms with Crippen LogP contribution in [0.25, 0.3) is 0 Å². The van der Waals surface area contributed by atoms with Crippen molar-refractivity contribution < 1.29 is 37.9 Å². The van der Waals surface area contributed by atoms with Crippen LogP contribution < -0.4 is 18.9 Å². The van der Waals surface area contributed by atoms with Crippen molar-refractivity contribution in [3.63, 3.8) is 0 Å². The molecule has 0 aliphatic heterocycles. The predicted octanol–water partition coefficient (Wildman–Crippen LogP) is 9.86. The molecule has 0 N–H and O–H groups in total. The maximum atomic E-state index is 6.07. The lowest BCUT2D eigenvalue weighted by atomic mass is 9.53. The molecule has 0 atom stereocenters. The number of hydrogen-bond acceptors (Lipinski definition) is 8. The van der Waals surface area contributed by atoms with Crippen molar-refractivity contribution in [1.29, 1.82) is 0 Å². The number of ether oxygens (including phenoxy) is 8. The Balaban J connectivity index is 1.50. The Hall–Kier alpha value is -5.12. The summed E-state index contributed by atoms with van der Waals surface area (Å²) < 4.78 is 46.4. The predicted molar refractivity (Wildman–Crippen MR) is 232 cm³/mol. The first kappa shape index (κ1) is 44.0. The zero-order valence-corrected chi connectivity index (χ0v) is 34.0. The normalized spacial score (nSPS) is 14.2. The Kier molecular flexibility index (Phi) is 18.2. The second-order valence-corrected chi connectivity index (χ2v) is 14.1. The smallest absolute Gasteiger partial charge is 0.119 e. The monoisotopic (exact) mass is 788 g/mol. The summed E-state index contributed by atoms with van der Waals surface area (Å²) in [5, 5.41) is 0. The van der Waals surface area contributed by atoms with Crippen LogP contribution in [0.3, 0.4) is 0 Å². The van der Waals surface area contributed by atoms with Crippen LogP contribution in [-0.2, 0) is 29.8 Å². The molecule has 0 radical (unpaired) electrons. The fraction of sp³-hybridized carbons (Fsp3) is 0.360. The third-order valence-corrected chi connectivity index (χ3v) is 10.4. The summed E-state index contributed by atoms with van der Waals surface area (Å²) in [7, 11) is 0. The molecule has 0 heterocycles. The Labute approximate surface area is 345 Å². The maximum absolute atomic E-state index is 6.07. The Morgan fingerprint density at radius 1 is 0.362 bits per heavy atom. The lowest BCUT2D eigenvalue weighted by Crippen LogP contribution is -2.43. The summed E-state index contributed by atoms with van der Waals surface area (Å²) in [4.78, 5) is 0. The van der Waals surface area contributed by atoms with E-state index in [4.69, 9.17) is 37.9 Å². The topological polar surface area (TPSA) is 73.8 Å². The van der Waals surface area contributed by atoms with Crippen LogP contribution >= 0.6 is 0 Å². The van der Waals surface area contributed by atoms with Gasteiger partial charge in [0.1, 0.15) is 49.4 Å². The average molecular weight is 789 g/mol. The van der Waals surface area contributed by atoms with Crippen LogP contribution in [0, 0.1) is 0 Å². The fourth-order valence-electron chi connectivity index (χ4n) is 7.72. The minimum Gasteiger partial charge on any atom is -0.491 e. The van der Waals surface area contributed by atoms with Crippen LogP contribution in [0.4, 0.5) is 0 Å². The van der Waals surface area contributed by atoms with Gasteiger partial charge in [0.15, 0.2) is 0 Å². The van der Waals surface area contributed by atoms with Crippen molar-refractivity contribution in [2.45, 2.75) is 36.5 Å². The van der Waals surface area contributed by atoms with Gasteiger partial charge in [-0.1, -0.05) is 79.3 Å². The van der Waals surface area contributed by atoms with E-state index >= 15 is 0 Å². The molecule has 0 saturated heterocycles. The molecule has 1 saturated carbocycles. The van der Waals surface area contributed by atoms with Crippen LogP contribution in [0.2, 0.25) is 0 Å². The van der Waals surface area contributed by atoms with Gasteiger partial charge in [-0.3, -0.25) is 0 Å². The largest absolute Gasteiger partial charge is 0.491 e. The molecule has 0 aromatic heterocycles. The molecular weight excluding hydrogens is 729 g/mol. The first-order valence-electron chi connectivity index (χ1n) is 20.2. The van der Waals surface area contributed by atoms with Gasteiger partial charge in [0.05, 0.1) is 52.9 Å². The second-order valence-electron chi connectivity index (χ2n) is 14.1. The zero-order chi connectivity index (χ0) is 40.7. The van der Waals surface area contributed by atoms with E-state index in [1.807, 2.05) is 0 Å². The molecular formula is C50H60O8. The molecule has 0 unspecified atom stereocenters. The Morgan fingerprint density at radius 2 is 0.603 bits per heavy atom. The summed E-state index contributed by atoms with van der Waals surface area (Å²) in [6.07, 6.45) is 10.7. The van der Waals surface area contributed by atoms with Crippen molar-refractivity contribution in [2.24, 2.45) is 0 Å². The van der Waals surface area contributed by atoms with Gasteiger partial charge in [-0.15, -0.1) is 26.3 Å². The van der Waals surface area contributed by atoms with E-state index in [2.05, 4.69) is 123 Å². The highest BCUT2D eigenvalue weighted by atomic mass is 16.5. The molecule has 4 aromatic rings. The summed E-state index contributed by atoms with van der Waals surface area (Å²) in [5.74, 6) is 3.23. The Morgan fingerprint density at radius 3 is 0.828 bits per heavy atom. The third kappa shape index (κ3) is 12.4. The van der Waals surface area contributed by atoms with E-state index in [-0.39, 0.29) is 10.8 Å². The summed E-state index contributed by atoms with van der Waals surface area (Å²) in [6, 6.07) is 34.5. The van der Waals surface area contributed by atoms with E-state index in [1.54, 1.807) is 24.3 Å². The van der Waals surface area contributed by atoms with Crippen molar-refractivity contribution in [3.05, 3.63) is 170 Å². The molecule has 0 spiro atoms. The molecule has 1 fully saturated rings. The van der Waals surface area contributed by atoms with E-state index < -0.39 is 0 Å². The minimum atomic E-state index is -0.342. The van der Waals surface area contributed by atoms with Crippen molar-refractivity contribution in [3.8, 4) is 23.0 Å². The number of hydrogen-bond donors (Lipinski definition) is 0. The van der Waals surface area contributed by atoms with E-state index in [1.165, 1.54) is 22.3 Å². The summed E-state index contributed by atoms with van der Waals surface area (Å²) in [5.41, 5.74) is 4.25. The molecule has 1 aliphatic carbocycles. The highest BCUT2D eigenvalue weighted by molar-refractivity contribution is 5.50. The van der Waals surface area contributed by atoms with Gasteiger partial charge >= 0.3 is 0 Å². The van der Waals surface area contributed by atoms with Crippen LogP contribution in [0.5, 0.6) is 23.0 Å². The van der Waals surface area contributed by atoms with E-state index in [9.17, 15) is 0 Å². The van der Waals surface area contributed by atoms with Crippen molar-refractivity contribution in [1.82, 2.24) is 0 Å². The Bertz CT molecular complexity index is 1540. The first-order valence-corrected chi connectivity index (χ1v) is 20.2.